The van der Waals surface area contributed by atoms with E-state index in [9.17, 15) is 9.18 Å². The maximum atomic E-state index is 12.3. The molecule has 4 rings (SSSR count). The molecule has 0 radical (unpaired) electrons. The van der Waals surface area contributed by atoms with E-state index in [4.69, 9.17) is 4.74 Å². The highest BCUT2D eigenvalue weighted by Gasteiger charge is 2.26. The van der Waals surface area contributed by atoms with Crippen LogP contribution in [0.1, 0.15) is 51.9 Å². The fraction of sp³-hybridized carbons (Fsp3) is 0.423. The molecule has 164 valence electrons. The van der Waals surface area contributed by atoms with Crippen molar-refractivity contribution in [3.63, 3.8) is 0 Å². The SMILES string of the molecule is COC(=O)c1ccc2c(c1)CCCC(Br)=C2c1ccc(CC2CN(CCCF)C2)cc1. The Balaban J connectivity index is 1.51. The van der Waals surface area contributed by atoms with E-state index < -0.39 is 0 Å². The van der Waals surface area contributed by atoms with Gasteiger partial charge in [-0.2, -0.15) is 0 Å². The first-order chi connectivity index (χ1) is 15.1. The van der Waals surface area contributed by atoms with Crippen LogP contribution in [-0.2, 0) is 17.6 Å². The summed E-state index contributed by atoms with van der Waals surface area (Å²) in [5.41, 5.74) is 6.76. The standard InChI is InChI=1S/C26H29BrFNO2/c1-31-26(30)22-10-11-23-21(15-22)4-2-5-24(27)25(23)20-8-6-18(7-9-20)14-19-16-29(17-19)13-3-12-28/h6-11,15,19H,2-5,12-14,16-17H2,1H3. The van der Waals surface area contributed by atoms with Crippen LogP contribution in [0.3, 0.4) is 0 Å². The minimum atomic E-state index is -0.291. The number of rotatable bonds is 7. The van der Waals surface area contributed by atoms with Gasteiger partial charge in [-0.1, -0.05) is 46.3 Å². The van der Waals surface area contributed by atoms with Gasteiger partial charge in [0.15, 0.2) is 0 Å². The second-order valence-electron chi connectivity index (χ2n) is 8.57. The molecule has 1 fully saturated rings. The molecular weight excluding hydrogens is 457 g/mol. The van der Waals surface area contributed by atoms with Gasteiger partial charge in [0.05, 0.1) is 19.3 Å². The predicted molar refractivity (Wildman–Crippen MR) is 126 cm³/mol. The van der Waals surface area contributed by atoms with E-state index in [1.54, 1.807) is 0 Å². The summed E-state index contributed by atoms with van der Waals surface area (Å²) in [5, 5.41) is 0. The number of hydrogen-bond acceptors (Lipinski definition) is 3. The minimum Gasteiger partial charge on any atom is -0.465 e. The van der Waals surface area contributed by atoms with E-state index in [-0.39, 0.29) is 12.6 Å². The van der Waals surface area contributed by atoms with Gasteiger partial charge in [0.25, 0.3) is 0 Å². The maximum absolute atomic E-state index is 12.3. The first-order valence-electron chi connectivity index (χ1n) is 11.1. The summed E-state index contributed by atoms with van der Waals surface area (Å²) < 4.78 is 18.4. The Morgan fingerprint density at radius 3 is 2.65 bits per heavy atom. The molecule has 0 bridgehead atoms. The third-order valence-corrected chi connectivity index (χ3v) is 7.11. The number of allylic oxidation sites excluding steroid dienone is 1. The molecule has 1 heterocycles. The zero-order chi connectivity index (χ0) is 21.8. The van der Waals surface area contributed by atoms with Crippen LogP contribution in [0.4, 0.5) is 4.39 Å². The van der Waals surface area contributed by atoms with E-state index in [1.165, 1.54) is 39.4 Å². The van der Waals surface area contributed by atoms with Crippen molar-refractivity contribution in [1.82, 2.24) is 4.90 Å². The summed E-state index contributed by atoms with van der Waals surface area (Å²) in [6.07, 6.45) is 4.69. The lowest BCUT2D eigenvalue weighted by molar-refractivity contribution is 0.0600. The lowest BCUT2D eigenvalue weighted by Crippen LogP contribution is -2.47. The van der Waals surface area contributed by atoms with Gasteiger partial charge < -0.3 is 9.64 Å². The zero-order valence-corrected chi connectivity index (χ0v) is 19.6. The van der Waals surface area contributed by atoms with Gasteiger partial charge in [-0.3, -0.25) is 4.39 Å². The van der Waals surface area contributed by atoms with Crippen LogP contribution in [0.15, 0.2) is 46.9 Å². The Morgan fingerprint density at radius 2 is 1.94 bits per heavy atom. The summed E-state index contributed by atoms with van der Waals surface area (Å²) >= 11 is 3.83. The van der Waals surface area contributed by atoms with Gasteiger partial charge in [0, 0.05) is 24.1 Å². The second-order valence-corrected chi connectivity index (χ2v) is 9.52. The first kappa shape index (κ1) is 22.2. The fourth-order valence-electron chi connectivity index (χ4n) is 4.72. The lowest BCUT2D eigenvalue weighted by atomic mass is 9.89. The third-order valence-electron chi connectivity index (χ3n) is 6.32. The van der Waals surface area contributed by atoms with Gasteiger partial charge >= 0.3 is 5.97 Å². The molecule has 3 nitrogen and oxygen atoms in total. The van der Waals surface area contributed by atoms with Gasteiger partial charge in [0.2, 0.25) is 0 Å². The second kappa shape index (κ2) is 10.1. The largest absolute Gasteiger partial charge is 0.465 e. The molecule has 0 N–H and O–H groups in total. The number of carbonyl (C=O) groups excluding carboxylic acids is 1. The molecule has 0 atom stereocenters. The lowest BCUT2D eigenvalue weighted by Gasteiger charge is -2.39. The van der Waals surface area contributed by atoms with E-state index in [1.807, 2.05) is 12.1 Å². The van der Waals surface area contributed by atoms with Crippen LogP contribution in [0.2, 0.25) is 0 Å². The van der Waals surface area contributed by atoms with E-state index in [2.05, 4.69) is 51.2 Å². The Labute approximate surface area is 192 Å². The average molecular weight is 486 g/mol. The Kier molecular flexibility index (Phi) is 7.24. The number of aryl methyl sites for hydroxylation is 1. The molecular formula is C26H29BrFNO2. The van der Waals surface area contributed by atoms with Crippen molar-refractivity contribution in [3.05, 3.63) is 74.8 Å². The number of carbonyl (C=O) groups is 1. The van der Waals surface area contributed by atoms with Gasteiger partial charge in [0.1, 0.15) is 0 Å². The molecule has 0 aromatic heterocycles. The minimum absolute atomic E-state index is 0.221. The van der Waals surface area contributed by atoms with Crippen molar-refractivity contribution in [2.75, 3.05) is 33.4 Å². The Bertz CT molecular complexity index is 964. The van der Waals surface area contributed by atoms with Crippen molar-refractivity contribution in [2.24, 2.45) is 5.92 Å². The molecule has 1 aliphatic heterocycles. The highest BCUT2D eigenvalue weighted by atomic mass is 79.9. The number of nitrogens with zero attached hydrogens (tertiary/aromatic N) is 1. The number of methoxy groups -OCH3 is 1. The van der Waals surface area contributed by atoms with Crippen molar-refractivity contribution < 1.29 is 13.9 Å². The molecule has 0 spiro atoms. The summed E-state index contributed by atoms with van der Waals surface area (Å²) in [7, 11) is 1.42. The van der Waals surface area contributed by atoms with Crippen molar-refractivity contribution >= 4 is 27.5 Å². The number of hydrogen-bond donors (Lipinski definition) is 0. The molecule has 0 amide bonds. The summed E-state index contributed by atoms with van der Waals surface area (Å²) in [6, 6.07) is 14.8. The van der Waals surface area contributed by atoms with Gasteiger partial charge in [-0.25, -0.2) is 4.79 Å². The summed E-state index contributed by atoms with van der Waals surface area (Å²) in [4.78, 5) is 14.3. The maximum Gasteiger partial charge on any atom is 0.337 e. The van der Waals surface area contributed by atoms with Crippen molar-refractivity contribution in [2.45, 2.75) is 32.1 Å². The number of benzene rings is 2. The molecule has 2 aromatic rings. The number of ether oxygens (including phenoxy) is 1. The van der Waals surface area contributed by atoms with Crippen LogP contribution in [-0.4, -0.2) is 44.3 Å². The molecule has 0 saturated carbocycles. The highest BCUT2D eigenvalue weighted by molar-refractivity contribution is 9.11. The summed E-state index contributed by atoms with van der Waals surface area (Å²) in [5.74, 6) is 0.381. The van der Waals surface area contributed by atoms with Crippen LogP contribution < -0.4 is 0 Å². The number of fused-ring (bicyclic) bond motifs is 1. The van der Waals surface area contributed by atoms with Crippen LogP contribution in [0, 0.1) is 5.92 Å². The van der Waals surface area contributed by atoms with Gasteiger partial charge in [-0.05, 0) is 78.0 Å². The van der Waals surface area contributed by atoms with E-state index >= 15 is 0 Å². The molecule has 1 aliphatic carbocycles. The van der Waals surface area contributed by atoms with Crippen LogP contribution >= 0.6 is 15.9 Å². The van der Waals surface area contributed by atoms with E-state index in [0.29, 0.717) is 17.9 Å². The van der Waals surface area contributed by atoms with Gasteiger partial charge in [-0.15, -0.1) is 0 Å². The van der Waals surface area contributed by atoms with E-state index in [0.717, 1.165) is 45.3 Å². The first-order valence-corrected chi connectivity index (χ1v) is 11.9. The number of alkyl halides is 1. The fourth-order valence-corrected chi connectivity index (χ4v) is 5.44. The number of likely N-dealkylation sites (tertiary alicyclic amines) is 1. The number of halogens is 2. The zero-order valence-electron chi connectivity index (χ0n) is 18.0. The van der Waals surface area contributed by atoms with Crippen molar-refractivity contribution in [1.29, 1.82) is 0 Å². The average Bonchev–Trinajstić information content (AvgIpc) is 2.92. The third kappa shape index (κ3) is 5.09. The molecule has 1 saturated heterocycles. The normalized spacial score (nSPS) is 17.1. The Morgan fingerprint density at radius 1 is 1.16 bits per heavy atom. The van der Waals surface area contributed by atoms with Crippen LogP contribution in [0.25, 0.3) is 5.57 Å². The Hall–Kier alpha value is -1.98. The highest BCUT2D eigenvalue weighted by Crippen LogP contribution is 2.38. The number of esters is 1. The monoisotopic (exact) mass is 485 g/mol. The molecule has 0 unspecified atom stereocenters. The van der Waals surface area contributed by atoms with Crippen molar-refractivity contribution in [3.8, 4) is 0 Å². The predicted octanol–water partition coefficient (Wildman–Crippen LogP) is 5.80. The quantitative estimate of drug-likeness (QED) is 0.464. The molecule has 5 heteroatoms. The smallest absolute Gasteiger partial charge is 0.337 e. The van der Waals surface area contributed by atoms with Crippen LogP contribution in [0.5, 0.6) is 0 Å². The molecule has 2 aromatic carbocycles. The molecule has 2 aliphatic rings. The summed E-state index contributed by atoms with van der Waals surface area (Å²) in [6.45, 7) is 2.81. The topological polar surface area (TPSA) is 29.5 Å². The molecule has 31 heavy (non-hydrogen) atoms.